The highest BCUT2D eigenvalue weighted by Crippen LogP contribution is 2.29. The summed E-state index contributed by atoms with van der Waals surface area (Å²) in [5, 5.41) is 1.15. The van der Waals surface area contributed by atoms with Crippen molar-refractivity contribution in [2.45, 2.75) is 25.8 Å². The first-order valence-corrected chi connectivity index (χ1v) is 8.00. The second kappa shape index (κ2) is 6.77. The van der Waals surface area contributed by atoms with Crippen LogP contribution in [0.3, 0.4) is 0 Å². The van der Waals surface area contributed by atoms with Gasteiger partial charge in [0.15, 0.2) is 0 Å². The van der Waals surface area contributed by atoms with Gasteiger partial charge in [-0.25, -0.2) is 0 Å². The van der Waals surface area contributed by atoms with E-state index in [9.17, 15) is 4.79 Å². The number of hydrogen-bond donors (Lipinski definition) is 1. The molecule has 0 bridgehead atoms. The number of thiophene rings is 1. The SMILES string of the molecule is CC1CCN(C(=O)c2cc3ccccc3s2)C(CN)C1.Cl. The molecule has 21 heavy (non-hydrogen) atoms. The summed E-state index contributed by atoms with van der Waals surface area (Å²) in [6, 6.07) is 10.3. The number of nitrogens with two attached hydrogens (primary N) is 1. The van der Waals surface area contributed by atoms with E-state index in [0.717, 1.165) is 29.6 Å². The molecule has 5 heteroatoms. The van der Waals surface area contributed by atoms with Gasteiger partial charge in [0.2, 0.25) is 0 Å². The van der Waals surface area contributed by atoms with Crippen molar-refractivity contribution in [2.24, 2.45) is 11.7 Å². The molecule has 2 aromatic rings. The van der Waals surface area contributed by atoms with Crippen molar-refractivity contribution in [2.75, 3.05) is 13.1 Å². The van der Waals surface area contributed by atoms with E-state index in [2.05, 4.69) is 19.1 Å². The van der Waals surface area contributed by atoms with Gasteiger partial charge in [-0.15, -0.1) is 23.7 Å². The fourth-order valence-electron chi connectivity index (χ4n) is 2.97. The van der Waals surface area contributed by atoms with Gasteiger partial charge in [0.05, 0.1) is 4.88 Å². The Kier molecular flexibility index (Phi) is 5.25. The molecule has 0 spiro atoms. The van der Waals surface area contributed by atoms with E-state index in [1.165, 1.54) is 4.70 Å². The smallest absolute Gasteiger partial charge is 0.264 e. The van der Waals surface area contributed by atoms with Crippen molar-refractivity contribution in [1.29, 1.82) is 0 Å². The minimum Gasteiger partial charge on any atom is -0.334 e. The van der Waals surface area contributed by atoms with E-state index in [-0.39, 0.29) is 24.4 Å². The molecule has 1 aliphatic rings. The minimum absolute atomic E-state index is 0. The van der Waals surface area contributed by atoms with Crippen LogP contribution < -0.4 is 5.73 Å². The molecule has 2 atom stereocenters. The van der Waals surface area contributed by atoms with E-state index in [0.29, 0.717) is 12.5 Å². The molecule has 1 aliphatic heterocycles. The third-order valence-corrected chi connectivity index (χ3v) is 5.25. The number of halogens is 1. The number of likely N-dealkylation sites (tertiary alicyclic amines) is 1. The predicted octanol–water partition coefficient (Wildman–Crippen LogP) is 3.52. The summed E-state index contributed by atoms with van der Waals surface area (Å²) >= 11 is 1.58. The summed E-state index contributed by atoms with van der Waals surface area (Å²) in [7, 11) is 0. The normalized spacial score (nSPS) is 22.1. The molecule has 1 aromatic heterocycles. The number of fused-ring (bicyclic) bond motifs is 1. The maximum atomic E-state index is 12.7. The summed E-state index contributed by atoms with van der Waals surface area (Å²) in [5.74, 6) is 0.809. The molecule has 0 saturated carbocycles. The lowest BCUT2D eigenvalue weighted by molar-refractivity contribution is 0.0579. The van der Waals surface area contributed by atoms with Gasteiger partial charge < -0.3 is 10.6 Å². The summed E-state index contributed by atoms with van der Waals surface area (Å²) in [6.45, 7) is 3.63. The molecule has 2 N–H and O–H groups in total. The van der Waals surface area contributed by atoms with Crippen molar-refractivity contribution in [3.8, 4) is 0 Å². The first kappa shape index (κ1) is 16.3. The first-order valence-electron chi connectivity index (χ1n) is 7.18. The fourth-order valence-corrected chi connectivity index (χ4v) is 3.99. The first-order chi connectivity index (χ1) is 9.69. The van der Waals surface area contributed by atoms with Gasteiger partial charge in [0, 0.05) is 23.8 Å². The third-order valence-electron chi connectivity index (χ3n) is 4.15. The molecule has 2 heterocycles. The maximum Gasteiger partial charge on any atom is 0.264 e. The molecule has 2 unspecified atom stereocenters. The zero-order chi connectivity index (χ0) is 14.1. The Morgan fingerprint density at radius 2 is 2.19 bits per heavy atom. The number of amides is 1. The number of hydrogen-bond acceptors (Lipinski definition) is 3. The quantitative estimate of drug-likeness (QED) is 0.918. The van der Waals surface area contributed by atoms with E-state index < -0.39 is 0 Å². The Morgan fingerprint density at radius 3 is 2.90 bits per heavy atom. The second-order valence-electron chi connectivity index (χ2n) is 5.67. The zero-order valence-electron chi connectivity index (χ0n) is 12.1. The summed E-state index contributed by atoms with van der Waals surface area (Å²) in [6.07, 6.45) is 2.10. The molecule has 0 radical (unpaired) electrons. The van der Waals surface area contributed by atoms with Gasteiger partial charge in [0.1, 0.15) is 0 Å². The van der Waals surface area contributed by atoms with E-state index in [1.807, 2.05) is 23.1 Å². The van der Waals surface area contributed by atoms with E-state index in [4.69, 9.17) is 5.73 Å². The van der Waals surface area contributed by atoms with Gasteiger partial charge in [-0.05, 0) is 36.3 Å². The van der Waals surface area contributed by atoms with Crippen molar-refractivity contribution in [1.82, 2.24) is 4.90 Å². The summed E-state index contributed by atoms with van der Waals surface area (Å²) in [5.41, 5.74) is 5.86. The Bertz CT molecular complexity index is 595. The monoisotopic (exact) mass is 324 g/mol. The van der Waals surface area contributed by atoms with Gasteiger partial charge in [-0.2, -0.15) is 0 Å². The summed E-state index contributed by atoms with van der Waals surface area (Å²) in [4.78, 5) is 15.5. The number of nitrogens with zero attached hydrogens (tertiary/aromatic N) is 1. The van der Waals surface area contributed by atoms with Crippen LogP contribution in [0.4, 0.5) is 0 Å². The standard InChI is InChI=1S/C16H20N2OS.ClH/c1-11-6-7-18(13(8-11)10-17)16(19)15-9-12-4-2-3-5-14(12)20-15;/h2-5,9,11,13H,6-8,10,17H2,1H3;1H. The molecule has 114 valence electrons. The average Bonchev–Trinajstić information content (AvgIpc) is 2.90. The van der Waals surface area contributed by atoms with E-state index >= 15 is 0 Å². The van der Waals surface area contributed by atoms with Crippen LogP contribution in [0.2, 0.25) is 0 Å². The number of benzene rings is 1. The van der Waals surface area contributed by atoms with Crippen molar-refractivity contribution < 1.29 is 4.79 Å². The molecule has 3 nitrogen and oxygen atoms in total. The minimum atomic E-state index is 0. The fraction of sp³-hybridized carbons (Fsp3) is 0.438. The number of piperidine rings is 1. The Labute approximate surface area is 135 Å². The highest BCUT2D eigenvalue weighted by atomic mass is 35.5. The van der Waals surface area contributed by atoms with Crippen LogP contribution in [-0.2, 0) is 0 Å². The van der Waals surface area contributed by atoms with Crippen molar-refractivity contribution in [3.05, 3.63) is 35.2 Å². The molecule has 3 rings (SSSR count). The van der Waals surface area contributed by atoms with E-state index in [1.54, 1.807) is 11.3 Å². The zero-order valence-corrected chi connectivity index (χ0v) is 13.8. The lowest BCUT2D eigenvalue weighted by Gasteiger charge is -2.37. The van der Waals surface area contributed by atoms with Crippen LogP contribution in [0.1, 0.15) is 29.4 Å². The van der Waals surface area contributed by atoms with Crippen LogP contribution >= 0.6 is 23.7 Å². The molecule has 1 saturated heterocycles. The van der Waals surface area contributed by atoms with Crippen LogP contribution in [0.25, 0.3) is 10.1 Å². The second-order valence-corrected chi connectivity index (χ2v) is 6.75. The topological polar surface area (TPSA) is 46.3 Å². The van der Waals surface area contributed by atoms with Crippen LogP contribution in [0.5, 0.6) is 0 Å². The molecule has 1 amide bonds. The average molecular weight is 325 g/mol. The van der Waals surface area contributed by atoms with Crippen molar-refractivity contribution >= 4 is 39.7 Å². The molecule has 1 aromatic carbocycles. The third kappa shape index (κ3) is 3.23. The Hall–Kier alpha value is -1.10. The number of carbonyl (C=O) groups excluding carboxylic acids is 1. The van der Waals surface area contributed by atoms with Gasteiger partial charge in [0.25, 0.3) is 5.91 Å². The molecule has 0 aliphatic carbocycles. The highest BCUT2D eigenvalue weighted by Gasteiger charge is 2.30. The predicted molar refractivity (Wildman–Crippen MR) is 91.3 cm³/mol. The Morgan fingerprint density at radius 1 is 1.43 bits per heavy atom. The molecular formula is C16H21ClN2OS. The van der Waals surface area contributed by atoms with Crippen LogP contribution in [-0.4, -0.2) is 29.9 Å². The van der Waals surface area contributed by atoms with Gasteiger partial charge in [-0.1, -0.05) is 25.1 Å². The lowest BCUT2D eigenvalue weighted by atomic mass is 9.92. The van der Waals surface area contributed by atoms with Crippen LogP contribution in [0, 0.1) is 5.92 Å². The number of rotatable bonds is 2. The van der Waals surface area contributed by atoms with Crippen molar-refractivity contribution in [3.63, 3.8) is 0 Å². The molecular weight excluding hydrogens is 304 g/mol. The Balaban J connectivity index is 0.00000161. The molecule has 1 fully saturated rings. The largest absolute Gasteiger partial charge is 0.334 e. The maximum absolute atomic E-state index is 12.7. The number of carbonyl (C=O) groups is 1. The lowest BCUT2D eigenvalue weighted by Crippen LogP contribution is -2.49. The highest BCUT2D eigenvalue weighted by molar-refractivity contribution is 7.20. The summed E-state index contributed by atoms with van der Waals surface area (Å²) < 4.78 is 1.17. The van der Waals surface area contributed by atoms with Crippen LogP contribution in [0.15, 0.2) is 30.3 Å². The van der Waals surface area contributed by atoms with Gasteiger partial charge >= 0.3 is 0 Å². The van der Waals surface area contributed by atoms with Gasteiger partial charge in [-0.3, -0.25) is 4.79 Å².